The van der Waals surface area contributed by atoms with Gasteiger partial charge in [0.05, 0.1) is 5.02 Å². The van der Waals surface area contributed by atoms with Crippen molar-refractivity contribution >= 4 is 23.1 Å². The number of hydrogen-bond acceptors (Lipinski definition) is 1. The topological polar surface area (TPSA) is 37.3 Å². The standard InChI is InChI=1S/C10H8ClFO2/c1-6(5-9(13)14)10-7(11)3-2-4-8(10)12/h2-5H,1H3,(H,13,14)/b6-5-. The van der Waals surface area contributed by atoms with E-state index in [0.717, 1.165) is 6.08 Å². The highest BCUT2D eigenvalue weighted by Gasteiger charge is 2.09. The highest BCUT2D eigenvalue weighted by atomic mass is 35.5. The minimum Gasteiger partial charge on any atom is -0.478 e. The molecule has 0 saturated heterocycles. The molecule has 0 bridgehead atoms. The number of benzene rings is 1. The van der Waals surface area contributed by atoms with E-state index in [9.17, 15) is 9.18 Å². The first-order valence-corrected chi connectivity index (χ1v) is 4.26. The van der Waals surface area contributed by atoms with Gasteiger partial charge in [0.15, 0.2) is 0 Å². The molecule has 0 atom stereocenters. The average molecular weight is 215 g/mol. The smallest absolute Gasteiger partial charge is 0.328 e. The van der Waals surface area contributed by atoms with Crippen LogP contribution in [-0.4, -0.2) is 11.1 Å². The van der Waals surface area contributed by atoms with Crippen LogP contribution in [0.4, 0.5) is 4.39 Å². The molecule has 0 aliphatic heterocycles. The van der Waals surface area contributed by atoms with Crippen molar-refractivity contribution in [2.24, 2.45) is 0 Å². The van der Waals surface area contributed by atoms with Gasteiger partial charge in [0.1, 0.15) is 5.82 Å². The molecule has 0 fully saturated rings. The zero-order chi connectivity index (χ0) is 10.7. The van der Waals surface area contributed by atoms with E-state index in [2.05, 4.69) is 0 Å². The molecule has 0 aromatic heterocycles. The monoisotopic (exact) mass is 214 g/mol. The van der Waals surface area contributed by atoms with E-state index < -0.39 is 11.8 Å². The van der Waals surface area contributed by atoms with Gasteiger partial charge in [0, 0.05) is 11.6 Å². The highest BCUT2D eigenvalue weighted by Crippen LogP contribution is 2.26. The molecule has 1 aromatic rings. The molecule has 2 nitrogen and oxygen atoms in total. The van der Waals surface area contributed by atoms with Crippen LogP contribution < -0.4 is 0 Å². The molecule has 0 amide bonds. The summed E-state index contributed by atoms with van der Waals surface area (Å²) in [4.78, 5) is 10.4. The minimum atomic E-state index is -1.12. The van der Waals surface area contributed by atoms with Gasteiger partial charge in [-0.3, -0.25) is 0 Å². The van der Waals surface area contributed by atoms with E-state index in [1.54, 1.807) is 0 Å². The number of allylic oxidation sites excluding steroid dienone is 1. The van der Waals surface area contributed by atoms with Crippen LogP contribution in [0.2, 0.25) is 5.02 Å². The second-order valence-electron chi connectivity index (χ2n) is 2.76. The van der Waals surface area contributed by atoms with E-state index in [1.807, 2.05) is 0 Å². The zero-order valence-electron chi connectivity index (χ0n) is 7.42. The Hall–Kier alpha value is -1.35. The highest BCUT2D eigenvalue weighted by molar-refractivity contribution is 6.32. The van der Waals surface area contributed by atoms with Crippen LogP contribution in [-0.2, 0) is 4.79 Å². The van der Waals surface area contributed by atoms with Gasteiger partial charge in [-0.2, -0.15) is 0 Å². The third-order valence-corrected chi connectivity index (χ3v) is 2.01. The van der Waals surface area contributed by atoms with Crippen molar-refractivity contribution < 1.29 is 14.3 Å². The molecule has 14 heavy (non-hydrogen) atoms. The Labute approximate surface area is 85.6 Å². The Morgan fingerprint density at radius 3 is 2.71 bits per heavy atom. The van der Waals surface area contributed by atoms with Gasteiger partial charge in [-0.15, -0.1) is 0 Å². The number of halogens is 2. The molecule has 1 rings (SSSR count). The van der Waals surface area contributed by atoms with Crippen molar-refractivity contribution in [1.29, 1.82) is 0 Å². The van der Waals surface area contributed by atoms with Gasteiger partial charge in [-0.05, 0) is 24.6 Å². The quantitative estimate of drug-likeness (QED) is 0.769. The van der Waals surface area contributed by atoms with Crippen LogP contribution in [0.15, 0.2) is 24.3 Å². The van der Waals surface area contributed by atoms with Gasteiger partial charge in [-0.25, -0.2) is 9.18 Å². The van der Waals surface area contributed by atoms with Crippen LogP contribution in [0.1, 0.15) is 12.5 Å². The van der Waals surface area contributed by atoms with E-state index in [4.69, 9.17) is 16.7 Å². The summed E-state index contributed by atoms with van der Waals surface area (Å²) >= 11 is 5.73. The summed E-state index contributed by atoms with van der Waals surface area (Å²) < 4.78 is 13.2. The normalized spacial score (nSPS) is 11.5. The first-order chi connectivity index (χ1) is 6.52. The largest absolute Gasteiger partial charge is 0.478 e. The van der Waals surface area contributed by atoms with Crippen molar-refractivity contribution in [3.05, 3.63) is 40.7 Å². The maximum absolute atomic E-state index is 13.2. The molecule has 0 aliphatic carbocycles. The summed E-state index contributed by atoms with van der Waals surface area (Å²) in [7, 11) is 0. The molecular formula is C10H8ClFO2. The van der Waals surface area contributed by atoms with Crippen LogP contribution in [0.5, 0.6) is 0 Å². The van der Waals surface area contributed by atoms with Crippen molar-refractivity contribution in [3.63, 3.8) is 0 Å². The lowest BCUT2D eigenvalue weighted by molar-refractivity contribution is -0.131. The second kappa shape index (κ2) is 4.24. The number of hydrogen-bond donors (Lipinski definition) is 1. The van der Waals surface area contributed by atoms with Crippen molar-refractivity contribution in [2.75, 3.05) is 0 Å². The minimum absolute atomic E-state index is 0.136. The summed E-state index contributed by atoms with van der Waals surface area (Å²) in [5.41, 5.74) is 0.428. The molecular weight excluding hydrogens is 207 g/mol. The van der Waals surface area contributed by atoms with Gasteiger partial charge in [0.25, 0.3) is 0 Å². The van der Waals surface area contributed by atoms with Gasteiger partial charge in [0.2, 0.25) is 0 Å². The van der Waals surface area contributed by atoms with Gasteiger partial charge in [-0.1, -0.05) is 17.7 Å². The lowest BCUT2D eigenvalue weighted by Gasteiger charge is -2.04. The maximum Gasteiger partial charge on any atom is 0.328 e. The fraction of sp³-hybridized carbons (Fsp3) is 0.100. The first-order valence-electron chi connectivity index (χ1n) is 3.88. The number of aliphatic carboxylic acids is 1. The van der Waals surface area contributed by atoms with Crippen LogP contribution >= 0.6 is 11.6 Å². The summed E-state index contributed by atoms with van der Waals surface area (Å²) in [6, 6.07) is 4.22. The summed E-state index contributed by atoms with van der Waals surface area (Å²) in [6.07, 6.45) is 0.921. The van der Waals surface area contributed by atoms with E-state index in [1.165, 1.54) is 25.1 Å². The summed E-state index contributed by atoms with van der Waals surface area (Å²) in [5, 5.41) is 8.69. The number of rotatable bonds is 2. The number of carboxylic acids is 1. The third kappa shape index (κ3) is 2.33. The molecule has 1 N–H and O–H groups in total. The van der Waals surface area contributed by atoms with Gasteiger partial charge >= 0.3 is 5.97 Å². The Morgan fingerprint density at radius 2 is 2.21 bits per heavy atom. The fourth-order valence-corrected chi connectivity index (χ4v) is 1.44. The molecule has 0 spiro atoms. The first kappa shape index (κ1) is 10.7. The van der Waals surface area contributed by atoms with Crippen LogP contribution in [0.3, 0.4) is 0 Å². The van der Waals surface area contributed by atoms with E-state index in [0.29, 0.717) is 5.57 Å². The van der Waals surface area contributed by atoms with Crippen molar-refractivity contribution in [1.82, 2.24) is 0 Å². The average Bonchev–Trinajstić information content (AvgIpc) is 2.01. The Morgan fingerprint density at radius 1 is 1.57 bits per heavy atom. The second-order valence-corrected chi connectivity index (χ2v) is 3.17. The SMILES string of the molecule is C/C(=C/C(=O)O)c1c(F)cccc1Cl. The zero-order valence-corrected chi connectivity index (χ0v) is 8.18. The molecule has 0 aliphatic rings. The summed E-state index contributed by atoms with van der Waals surface area (Å²) in [6.45, 7) is 1.50. The molecule has 74 valence electrons. The third-order valence-electron chi connectivity index (χ3n) is 1.70. The van der Waals surface area contributed by atoms with Gasteiger partial charge < -0.3 is 5.11 Å². The lowest BCUT2D eigenvalue weighted by atomic mass is 10.1. The molecule has 0 heterocycles. The molecule has 0 saturated carbocycles. The van der Waals surface area contributed by atoms with E-state index in [-0.39, 0.29) is 10.6 Å². The fourth-order valence-electron chi connectivity index (χ4n) is 1.13. The van der Waals surface area contributed by atoms with Crippen molar-refractivity contribution in [2.45, 2.75) is 6.92 Å². The van der Waals surface area contributed by atoms with Crippen molar-refractivity contribution in [3.8, 4) is 0 Å². The number of carbonyl (C=O) groups is 1. The Kier molecular flexibility index (Phi) is 3.25. The summed E-state index contributed by atoms with van der Waals surface area (Å²) in [5.74, 6) is -1.64. The predicted molar refractivity (Wildman–Crippen MR) is 52.7 cm³/mol. The Balaban J connectivity index is 3.25. The molecule has 0 radical (unpaired) electrons. The lowest BCUT2D eigenvalue weighted by Crippen LogP contribution is -1.93. The molecule has 4 heteroatoms. The molecule has 0 unspecified atom stereocenters. The Bertz CT molecular complexity index is 379. The van der Waals surface area contributed by atoms with Crippen LogP contribution in [0.25, 0.3) is 5.57 Å². The molecule has 1 aromatic carbocycles. The number of carboxylic acid groups (broad SMARTS) is 1. The maximum atomic E-state index is 13.2. The predicted octanol–water partition coefficient (Wildman–Crippen LogP) is 2.97. The van der Waals surface area contributed by atoms with E-state index >= 15 is 0 Å². The van der Waals surface area contributed by atoms with Crippen LogP contribution in [0, 0.1) is 5.82 Å².